The Bertz CT molecular complexity index is 357. The summed E-state index contributed by atoms with van der Waals surface area (Å²) in [7, 11) is 1.60. The van der Waals surface area contributed by atoms with E-state index in [0.717, 1.165) is 9.95 Å². The zero-order valence-electron chi connectivity index (χ0n) is 8.65. The third kappa shape index (κ3) is 3.64. The molecule has 0 aliphatic heterocycles. The van der Waals surface area contributed by atoms with E-state index in [9.17, 15) is 4.79 Å². The number of hydrogen-bond donors (Lipinski definition) is 0. The van der Waals surface area contributed by atoms with Crippen molar-refractivity contribution in [1.29, 1.82) is 0 Å². The molecular weight excluding hydrogens is 228 g/mol. The van der Waals surface area contributed by atoms with Gasteiger partial charge in [-0.3, -0.25) is 4.79 Å². The molecule has 0 fully saturated rings. The molecule has 0 spiro atoms. The monoisotopic (exact) mass is 240 g/mol. The molecule has 4 heteroatoms. The van der Waals surface area contributed by atoms with E-state index in [0.29, 0.717) is 12.0 Å². The highest BCUT2D eigenvalue weighted by Crippen LogP contribution is 2.14. The summed E-state index contributed by atoms with van der Waals surface area (Å²) in [5.41, 5.74) is 0.673. The van der Waals surface area contributed by atoms with E-state index in [1.54, 1.807) is 31.4 Å². The number of ether oxygens (including phenoxy) is 1. The minimum Gasteiger partial charge on any atom is -0.497 e. The summed E-state index contributed by atoms with van der Waals surface area (Å²) in [6.07, 6.45) is 2.20. The molecule has 0 N–H and O–H groups in total. The first-order chi connectivity index (χ1) is 7.17. The van der Waals surface area contributed by atoms with Crippen LogP contribution in [0, 0.1) is 0 Å². The lowest BCUT2D eigenvalue weighted by Crippen LogP contribution is -2.03. The number of thioether (sulfide) groups is 1. The number of carbonyl (C=O) groups is 1. The van der Waals surface area contributed by atoms with Gasteiger partial charge < -0.3 is 4.74 Å². The number of hydrogen-bond acceptors (Lipinski definition) is 4. The lowest BCUT2D eigenvalue weighted by molar-refractivity contribution is 0.100. The van der Waals surface area contributed by atoms with Crippen LogP contribution in [-0.4, -0.2) is 23.3 Å². The second-order valence-electron chi connectivity index (χ2n) is 2.90. The summed E-state index contributed by atoms with van der Waals surface area (Å²) < 4.78 is 5.73. The molecule has 0 aliphatic carbocycles. The Labute approximate surface area is 99.0 Å². The fraction of sp³-hybridized carbons (Fsp3) is 0.273. The zero-order valence-corrected chi connectivity index (χ0v) is 10.3. The van der Waals surface area contributed by atoms with E-state index in [2.05, 4.69) is 0 Å². The minimum atomic E-state index is 0.0528. The Kier molecular flexibility index (Phi) is 4.78. The van der Waals surface area contributed by atoms with Gasteiger partial charge in [-0.25, -0.2) is 0 Å². The summed E-state index contributed by atoms with van der Waals surface area (Å²) in [5, 5.41) is 0. The lowest BCUT2D eigenvalue weighted by atomic mass is 10.1. The van der Waals surface area contributed by atoms with Crippen molar-refractivity contribution in [3.8, 4) is 5.75 Å². The number of rotatable bonds is 4. The van der Waals surface area contributed by atoms with E-state index in [1.165, 1.54) is 11.8 Å². The molecular formula is C11H12O2S2. The Morgan fingerprint density at radius 2 is 2.00 bits per heavy atom. The van der Waals surface area contributed by atoms with Gasteiger partial charge in [0.15, 0.2) is 5.78 Å². The van der Waals surface area contributed by atoms with E-state index in [1.807, 2.05) is 6.26 Å². The summed E-state index contributed by atoms with van der Waals surface area (Å²) >= 11 is 6.44. The molecule has 80 valence electrons. The molecule has 0 heterocycles. The van der Waals surface area contributed by atoms with Crippen LogP contribution >= 0.6 is 24.0 Å². The van der Waals surface area contributed by atoms with Crippen LogP contribution in [0.4, 0.5) is 0 Å². The van der Waals surface area contributed by atoms with Crippen molar-refractivity contribution in [2.45, 2.75) is 6.42 Å². The third-order valence-corrected chi connectivity index (χ3v) is 3.19. The number of thiocarbonyl (C=S) groups is 1. The normalized spacial score (nSPS) is 9.73. The molecule has 0 unspecified atom stereocenters. The maximum atomic E-state index is 11.7. The average molecular weight is 240 g/mol. The van der Waals surface area contributed by atoms with Gasteiger partial charge in [-0.15, -0.1) is 11.8 Å². The number of methoxy groups -OCH3 is 1. The van der Waals surface area contributed by atoms with Gasteiger partial charge in [0.05, 0.1) is 17.7 Å². The molecule has 0 saturated heterocycles. The van der Waals surface area contributed by atoms with Crippen molar-refractivity contribution in [3.63, 3.8) is 0 Å². The molecule has 1 aromatic rings. The van der Waals surface area contributed by atoms with E-state index in [4.69, 9.17) is 17.0 Å². The quantitative estimate of drug-likeness (QED) is 0.597. The van der Waals surface area contributed by atoms with Crippen molar-refractivity contribution in [2.75, 3.05) is 13.4 Å². The van der Waals surface area contributed by atoms with Crippen molar-refractivity contribution in [3.05, 3.63) is 29.8 Å². The van der Waals surface area contributed by atoms with Crippen LogP contribution in [0.1, 0.15) is 16.8 Å². The van der Waals surface area contributed by atoms with Gasteiger partial charge in [-0.1, -0.05) is 12.2 Å². The lowest BCUT2D eigenvalue weighted by Gasteiger charge is -2.02. The predicted molar refractivity (Wildman–Crippen MR) is 68.1 cm³/mol. The van der Waals surface area contributed by atoms with Crippen LogP contribution in [0.3, 0.4) is 0 Å². The van der Waals surface area contributed by atoms with Crippen LogP contribution in [0.5, 0.6) is 5.75 Å². The summed E-state index contributed by atoms with van der Waals surface area (Å²) in [6.45, 7) is 0. The summed E-state index contributed by atoms with van der Waals surface area (Å²) in [5.74, 6) is 0.802. The maximum Gasteiger partial charge on any atom is 0.168 e. The summed E-state index contributed by atoms with van der Waals surface area (Å²) in [4.78, 5) is 11.7. The highest BCUT2D eigenvalue weighted by molar-refractivity contribution is 8.22. The molecule has 0 amide bonds. The molecule has 0 radical (unpaired) electrons. The topological polar surface area (TPSA) is 26.3 Å². The van der Waals surface area contributed by atoms with Gasteiger partial charge in [-0.05, 0) is 30.5 Å². The molecule has 1 rings (SSSR count). The van der Waals surface area contributed by atoms with E-state index in [-0.39, 0.29) is 5.78 Å². The Hall–Kier alpha value is -0.870. The second kappa shape index (κ2) is 5.88. The average Bonchev–Trinajstić information content (AvgIpc) is 2.29. The predicted octanol–water partition coefficient (Wildman–Crippen LogP) is 2.96. The number of Topliss-reactive ketones (excluding diaryl/α,β-unsaturated/α-hetero) is 1. The molecule has 0 aromatic heterocycles. The van der Waals surface area contributed by atoms with Crippen molar-refractivity contribution < 1.29 is 9.53 Å². The first-order valence-electron chi connectivity index (χ1n) is 4.41. The standard InChI is InChI=1S/C11H12O2S2/c1-13-9-5-3-8(4-6-9)10(12)7-11(14)15-2/h3-6H,7H2,1-2H3. The maximum absolute atomic E-state index is 11.7. The van der Waals surface area contributed by atoms with Gasteiger partial charge in [0.25, 0.3) is 0 Å². The van der Waals surface area contributed by atoms with Crippen LogP contribution < -0.4 is 4.74 Å². The van der Waals surface area contributed by atoms with Gasteiger partial charge in [0.1, 0.15) is 5.75 Å². The highest BCUT2D eigenvalue weighted by Gasteiger charge is 2.08. The second-order valence-corrected chi connectivity index (χ2v) is 4.56. The summed E-state index contributed by atoms with van der Waals surface area (Å²) in [6, 6.07) is 7.05. The first kappa shape index (κ1) is 12.2. The van der Waals surface area contributed by atoms with Crippen molar-refractivity contribution >= 4 is 34.0 Å². The Morgan fingerprint density at radius 3 is 2.47 bits per heavy atom. The van der Waals surface area contributed by atoms with E-state index < -0.39 is 0 Å². The highest BCUT2D eigenvalue weighted by atomic mass is 32.2. The third-order valence-electron chi connectivity index (χ3n) is 1.94. The molecule has 0 atom stereocenters. The molecule has 0 bridgehead atoms. The number of carbonyl (C=O) groups excluding carboxylic acids is 1. The largest absolute Gasteiger partial charge is 0.497 e. The number of ketones is 1. The van der Waals surface area contributed by atoms with Gasteiger partial charge in [-0.2, -0.15) is 0 Å². The van der Waals surface area contributed by atoms with Gasteiger partial charge in [0, 0.05) is 5.56 Å². The fourth-order valence-electron chi connectivity index (χ4n) is 1.08. The Balaban J connectivity index is 2.70. The number of benzene rings is 1. The van der Waals surface area contributed by atoms with Gasteiger partial charge in [0.2, 0.25) is 0 Å². The fourth-order valence-corrected chi connectivity index (χ4v) is 1.49. The van der Waals surface area contributed by atoms with E-state index >= 15 is 0 Å². The SMILES string of the molecule is COc1ccc(C(=O)CC(=S)SC)cc1. The molecule has 1 aromatic carbocycles. The molecule has 0 aliphatic rings. The molecule has 2 nitrogen and oxygen atoms in total. The van der Waals surface area contributed by atoms with Crippen LogP contribution in [-0.2, 0) is 0 Å². The minimum absolute atomic E-state index is 0.0528. The van der Waals surface area contributed by atoms with Gasteiger partial charge >= 0.3 is 0 Å². The van der Waals surface area contributed by atoms with Crippen LogP contribution in [0.15, 0.2) is 24.3 Å². The zero-order chi connectivity index (χ0) is 11.3. The van der Waals surface area contributed by atoms with Crippen LogP contribution in [0.25, 0.3) is 0 Å². The first-order valence-corrected chi connectivity index (χ1v) is 6.04. The smallest absolute Gasteiger partial charge is 0.168 e. The van der Waals surface area contributed by atoms with Crippen molar-refractivity contribution in [1.82, 2.24) is 0 Å². The molecule has 15 heavy (non-hydrogen) atoms. The van der Waals surface area contributed by atoms with Crippen molar-refractivity contribution in [2.24, 2.45) is 0 Å². The molecule has 0 saturated carbocycles. The Morgan fingerprint density at radius 1 is 1.40 bits per heavy atom. The van der Waals surface area contributed by atoms with Crippen LogP contribution in [0.2, 0.25) is 0 Å².